The summed E-state index contributed by atoms with van der Waals surface area (Å²) in [6.07, 6.45) is 11.1. The third kappa shape index (κ3) is 1.43. The summed E-state index contributed by atoms with van der Waals surface area (Å²) in [6, 6.07) is 0. The molecule has 1 heteroatoms. The molecule has 1 heterocycles. The lowest BCUT2D eigenvalue weighted by molar-refractivity contribution is 0.677. The monoisotopic (exact) mass is 147 g/mol. The lowest BCUT2D eigenvalue weighted by Crippen LogP contribution is -2.24. The molecule has 11 heavy (non-hydrogen) atoms. The smallest absolute Gasteiger partial charge is 0.0173 e. The number of hydrogen-bond donors (Lipinski definition) is 1. The van der Waals surface area contributed by atoms with Crippen molar-refractivity contribution in [2.45, 2.75) is 12.8 Å². The first kappa shape index (κ1) is 6.86. The lowest BCUT2D eigenvalue weighted by Gasteiger charge is -2.17. The molecule has 0 saturated carbocycles. The highest BCUT2D eigenvalue weighted by Crippen LogP contribution is 2.19. The van der Waals surface area contributed by atoms with Crippen molar-refractivity contribution in [3.63, 3.8) is 0 Å². The third-order valence-corrected chi connectivity index (χ3v) is 2.27. The third-order valence-electron chi connectivity index (χ3n) is 2.27. The minimum Gasteiger partial charge on any atom is -0.313 e. The molecule has 1 aliphatic heterocycles. The summed E-state index contributed by atoms with van der Waals surface area (Å²) in [5.41, 5.74) is 3.12. The Morgan fingerprint density at radius 1 is 1.27 bits per heavy atom. The molecule has 1 N–H and O–H groups in total. The van der Waals surface area contributed by atoms with Crippen molar-refractivity contribution in [1.82, 2.24) is 5.32 Å². The van der Waals surface area contributed by atoms with Gasteiger partial charge in [-0.05, 0) is 30.5 Å². The first-order chi connectivity index (χ1) is 5.47. The van der Waals surface area contributed by atoms with E-state index in [4.69, 9.17) is 0 Å². The van der Waals surface area contributed by atoms with E-state index in [1.54, 1.807) is 11.1 Å². The van der Waals surface area contributed by atoms with Gasteiger partial charge < -0.3 is 5.32 Å². The van der Waals surface area contributed by atoms with Crippen molar-refractivity contribution < 1.29 is 0 Å². The predicted octanol–water partition coefficient (Wildman–Crippen LogP) is 1.79. The summed E-state index contributed by atoms with van der Waals surface area (Å²) in [6.45, 7) is 2.23. The number of nitrogens with one attached hydrogen (secondary N) is 1. The minimum atomic E-state index is 1.09. The maximum absolute atomic E-state index is 3.39. The first-order valence-electron chi connectivity index (χ1n) is 4.21. The summed E-state index contributed by atoms with van der Waals surface area (Å²) in [5, 5.41) is 3.39. The molecule has 0 radical (unpaired) electrons. The van der Waals surface area contributed by atoms with Crippen LogP contribution in [0.3, 0.4) is 0 Å². The van der Waals surface area contributed by atoms with Crippen LogP contribution in [0.4, 0.5) is 0 Å². The largest absolute Gasteiger partial charge is 0.313 e. The molecule has 0 unspecified atom stereocenters. The molecule has 0 spiro atoms. The maximum atomic E-state index is 3.39. The molecule has 0 aromatic rings. The van der Waals surface area contributed by atoms with E-state index < -0.39 is 0 Å². The van der Waals surface area contributed by atoms with Crippen molar-refractivity contribution in [3.8, 4) is 0 Å². The molecule has 0 aromatic heterocycles. The Morgan fingerprint density at radius 3 is 3.27 bits per heavy atom. The van der Waals surface area contributed by atoms with Gasteiger partial charge in [-0.15, -0.1) is 0 Å². The van der Waals surface area contributed by atoms with Gasteiger partial charge in [-0.3, -0.25) is 0 Å². The molecular weight excluding hydrogens is 134 g/mol. The van der Waals surface area contributed by atoms with E-state index in [-0.39, 0.29) is 0 Å². The number of hydrogen-bond acceptors (Lipinski definition) is 1. The maximum Gasteiger partial charge on any atom is 0.0173 e. The van der Waals surface area contributed by atoms with Crippen molar-refractivity contribution in [3.05, 3.63) is 35.5 Å². The van der Waals surface area contributed by atoms with Crippen LogP contribution in [0.5, 0.6) is 0 Å². The van der Waals surface area contributed by atoms with Gasteiger partial charge in [-0.1, -0.05) is 24.3 Å². The Hall–Kier alpha value is -0.820. The number of rotatable bonds is 0. The van der Waals surface area contributed by atoms with Crippen molar-refractivity contribution >= 4 is 0 Å². The SMILES string of the molecule is C1=CCC2=C(C=C1)CCNC2. The van der Waals surface area contributed by atoms with E-state index in [9.17, 15) is 0 Å². The quantitative estimate of drug-likeness (QED) is 0.551. The molecule has 58 valence electrons. The second-order valence-corrected chi connectivity index (χ2v) is 3.05. The topological polar surface area (TPSA) is 12.0 Å². The zero-order chi connectivity index (χ0) is 7.52. The lowest BCUT2D eigenvalue weighted by atomic mass is 10.00. The van der Waals surface area contributed by atoms with E-state index in [1.807, 2.05) is 0 Å². The minimum absolute atomic E-state index is 1.09. The summed E-state index contributed by atoms with van der Waals surface area (Å²) in [7, 11) is 0. The molecule has 0 bridgehead atoms. The highest BCUT2D eigenvalue weighted by Gasteiger charge is 2.08. The van der Waals surface area contributed by atoms with Crippen LogP contribution in [-0.2, 0) is 0 Å². The van der Waals surface area contributed by atoms with Gasteiger partial charge in [0, 0.05) is 6.54 Å². The van der Waals surface area contributed by atoms with Gasteiger partial charge in [0.05, 0.1) is 0 Å². The van der Waals surface area contributed by atoms with Crippen LogP contribution in [0.15, 0.2) is 35.5 Å². The molecule has 0 fully saturated rings. The Morgan fingerprint density at radius 2 is 2.27 bits per heavy atom. The van der Waals surface area contributed by atoms with Gasteiger partial charge in [0.15, 0.2) is 0 Å². The summed E-state index contributed by atoms with van der Waals surface area (Å²) < 4.78 is 0. The molecule has 1 nitrogen and oxygen atoms in total. The zero-order valence-electron chi connectivity index (χ0n) is 6.64. The van der Waals surface area contributed by atoms with Gasteiger partial charge in [0.2, 0.25) is 0 Å². The van der Waals surface area contributed by atoms with E-state index in [2.05, 4.69) is 29.6 Å². The Bertz CT molecular complexity index is 233. The molecule has 0 amide bonds. The van der Waals surface area contributed by atoms with Crippen LogP contribution in [0.1, 0.15) is 12.8 Å². The molecule has 0 aromatic carbocycles. The van der Waals surface area contributed by atoms with Crippen LogP contribution in [-0.4, -0.2) is 13.1 Å². The second-order valence-electron chi connectivity index (χ2n) is 3.05. The van der Waals surface area contributed by atoms with Crippen molar-refractivity contribution in [1.29, 1.82) is 0 Å². The molecule has 0 atom stereocenters. The average Bonchev–Trinajstić information content (AvgIpc) is 2.28. The van der Waals surface area contributed by atoms with Crippen LogP contribution >= 0.6 is 0 Å². The highest BCUT2D eigenvalue weighted by molar-refractivity contribution is 5.34. The van der Waals surface area contributed by atoms with Crippen LogP contribution < -0.4 is 5.32 Å². The molecule has 0 saturated heterocycles. The summed E-state index contributed by atoms with van der Waals surface area (Å²) >= 11 is 0. The standard InChI is InChI=1S/C10H13N/c1-2-4-9-6-7-11-8-10(9)5-3-1/h1-4,11H,5-8H2. The Kier molecular flexibility index (Phi) is 1.91. The average molecular weight is 147 g/mol. The molecule has 2 aliphatic rings. The molecule has 2 rings (SSSR count). The number of allylic oxidation sites excluding steroid dienone is 4. The Labute approximate surface area is 67.5 Å². The zero-order valence-corrected chi connectivity index (χ0v) is 6.64. The van der Waals surface area contributed by atoms with Gasteiger partial charge in [-0.25, -0.2) is 0 Å². The van der Waals surface area contributed by atoms with Gasteiger partial charge in [-0.2, -0.15) is 0 Å². The normalized spacial score (nSPS) is 23.3. The fourth-order valence-corrected chi connectivity index (χ4v) is 1.62. The van der Waals surface area contributed by atoms with E-state index in [0.29, 0.717) is 0 Å². The van der Waals surface area contributed by atoms with Gasteiger partial charge >= 0.3 is 0 Å². The Balaban J connectivity index is 2.26. The van der Waals surface area contributed by atoms with Crippen molar-refractivity contribution in [2.24, 2.45) is 0 Å². The van der Waals surface area contributed by atoms with Gasteiger partial charge in [0.25, 0.3) is 0 Å². The fraction of sp³-hybridized carbons (Fsp3) is 0.400. The van der Waals surface area contributed by atoms with E-state index in [0.717, 1.165) is 19.5 Å². The molecule has 1 aliphatic carbocycles. The first-order valence-corrected chi connectivity index (χ1v) is 4.21. The summed E-state index contributed by atoms with van der Waals surface area (Å²) in [5.74, 6) is 0. The van der Waals surface area contributed by atoms with Gasteiger partial charge in [0.1, 0.15) is 0 Å². The van der Waals surface area contributed by atoms with Crippen LogP contribution in [0.2, 0.25) is 0 Å². The predicted molar refractivity (Wildman–Crippen MR) is 47.4 cm³/mol. The fourth-order valence-electron chi connectivity index (χ4n) is 1.62. The second kappa shape index (κ2) is 3.05. The van der Waals surface area contributed by atoms with Crippen LogP contribution in [0.25, 0.3) is 0 Å². The summed E-state index contributed by atoms with van der Waals surface area (Å²) in [4.78, 5) is 0. The highest BCUT2D eigenvalue weighted by atomic mass is 14.9. The van der Waals surface area contributed by atoms with E-state index in [1.165, 1.54) is 6.42 Å². The van der Waals surface area contributed by atoms with E-state index >= 15 is 0 Å². The van der Waals surface area contributed by atoms with Crippen molar-refractivity contribution in [2.75, 3.05) is 13.1 Å². The van der Waals surface area contributed by atoms with Crippen LogP contribution in [0, 0.1) is 0 Å². The molecular formula is C10H13N.